The average Bonchev–Trinajstić information content (AvgIpc) is 1.59. The normalized spacial score (nSPS) is 17.2. The number of benzene rings is 1. The van der Waals surface area contributed by atoms with Crippen molar-refractivity contribution in [1.29, 1.82) is 0 Å². The van der Waals surface area contributed by atoms with E-state index in [4.69, 9.17) is 22.9 Å². The minimum absolute atomic E-state index is 0. The predicted molar refractivity (Wildman–Crippen MR) is 339 cm³/mol. The first kappa shape index (κ1) is 80.3. The molecule has 1 aromatic carbocycles. The third-order valence-corrected chi connectivity index (χ3v) is 15.4. The van der Waals surface area contributed by atoms with Gasteiger partial charge >= 0.3 is 43.7 Å². The number of aromatic hydroxyl groups is 1. The number of phenols is 1. The van der Waals surface area contributed by atoms with Crippen LogP contribution in [0.5, 0.6) is 5.75 Å². The summed E-state index contributed by atoms with van der Waals surface area (Å²) in [5, 5.41) is 64.8. The minimum atomic E-state index is -1.35. The first-order valence-electron chi connectivity index (χ1n) is 30.8. The van der Waals surface area contributed by atoms with Crippen LogP contribution in [0.4, 0.5) is 0 Å². The van der Waals surface area contributed by atoms with E-state index in [9.17, 15) is 78.3 Å². The molecular formula is C58H97GaN17O16+3. The Morgan fingerprint density at radius 3 is 1.54 bits per heavy atom. The van der Waals surface area contributed by atoms with Crippen LogP contribution in [0.15, 0.2) is 34.3 Å². The third-order valence-electron chi connectivity index (χ3n) is 15.4. The standard InChI is InChI=1S/C58H97N17O16.Ga/c1-5-37(4)51(55(90)66-39(29-36(2)3)31-47(79)80)70-53(88)43(30-38-12-14-40(76)15-13-38)69-54(89)44-11-8-20-75(44)56(91)42(10-7-18-65-58(61)62)68-52(87)41(9-6-17-64-57(59)60)67-45(77)16-19-63-46(78)32-71-21-23-72(33-48(81)82)25-27-74(35-50(85)86)28-26-73(24-22-71)34-49(83)84;/h12-15,36-37,39,41-44,51,76H,5-11,16-35H2,1-4H3,(H,63,78)(H,66,90)(H,67,77)(H,68,87)(H,69,89)(H,70,88)(H,79,80)(H,81,82)(H,83,84)(H,85,86)(H4,59,60,64)(H4,61,62,65);/q;+3/t37-,39-,41-,42-,43-,44-,51-;/m0./s1/i;1-2. The monoisotopic (exact) mass is 1360 g/mol. The molecule has 7 amide bonds. The summed E-state index contributed by atoms with van der Waals surface area (Å²) < 4.78 is 0. The van der Waals surface area contributed by atoms with Gasteiger partial charge in [-0.25, -0.2) is 0 Å². The number of nitrogens with one attached hydrogen (secondary N) is 6. The summed E-state index contributed by atoms with van der Waals surface area (Å²) in [6.07, 6.45) is 0.678. The molecule has 2 aliphatic heterocycles. The van der Waals surface area contributed by atoms with Crippen molar-refractivity contribution in [2.75, 3.05) is 105 Å². The molecule has 34 heteroatoms. The van der Waals surface area contributed by atoms with E-state index in [0.717, 1.165) is 0 Å². The van der Waals surface area contributed by atoms with Crippen LogP contribution in [0.3, 0.4) is 0 Å². The Morgan fingerprint density at radius 2 is 1.08 bits per heavy atom. The predicted octanol–water partition coefficient (Wildman–Crippen LogP) is -4.38. The van der Waals surface area contributed by atoms with Gasteiger partial charge in [-0.2, -0.15) is 0 Å². The number of hydrogen-bond acceptors (Lipinski definition) is 18. The number of aliphatic imine (C=N–C) groups is 2. The summed E-state index contributed by atoms with van der Waals surface area (Å²) in [5.74, 6) is -10.2. The molecule has 19 N–H and O–H groups in total. The first-order chi connectivity index (χ1) is 43.0. The second-order valence-electron chi connectivity index (χ2n) is 23.4. The maximum absolute atomic E-state index is 14.8. The van der Waals surface area contributed by atoms with Crippen molar-refractivity contribution in [2.24, 2.45) is 44.8 Å². The summed E-state index contributed by atoms with van der Waals surface area (Å²) >= 11 is 0. The zero-order valence-electron chi connectivity index (χ0n) is 53.3. The number of phenolic OH excluding ortho intramolecular Hbond substituents is 1. The van der Waals surface area contributed by atoms with Gasteiger partial charge in [0.2, 0.25) is 41.4 Å². The number of hydrogen-bond donors (Lipinski definition) is 15. The van der Waals surface area contributed by atoms with Crippen molar-refractivity contribution in [2.45, 2.75) is 135 Å². The molecule has 7 atom stereocenters. The van der Waals surface area contributed by atoms with Gasteiger partial charge in [0.1, 0.15) is 36.0 Å². The van der Waals surface area contributed by atoms with E-state index >= 15 is 0 Å². The van der Waals surface area contributed by atoms with Crippen molar-refractivity contribution in [3.05, 3.63) is 29.8 Å². The number of carboxylic acid groups (broad SMARTS) is 4. The maximum atomic E-state index is 14.8. The summed E-state index contributed by atoms with van der Waals surface area (Å²) in [6.45, 7) is 7.36. The molecule has 0 radical (unpaired) electrons. The van der Waals surface area contributed by atoms with Crippen LogP contribution in [-0.2, 0) is 59.2 Å². The summed E-state index contributed by atoms with van der Waals surface area (Å²) in [5.41, 5.74) is 22.8. The first-order valence-corrected chi connectivity index (χ1v) is 30.8. The average molecular weight is 1360 g/mol. The molecule has 2 saturated heterocycles. The number of aliphatic carboxylic acids is 4. The summed E-state index contributed by atoms with van der Waals surface area (Å²) in [6, 6.07) is -1.15. The van der Waals surface area contributed by atoms with Gasteiger partial charge in [-0.3, -0.25) is 82.3 Å². The Hall–Kier alpha value is -7.79. The van der Waals surface area contributed by atoms with Gasteiger partial charge in [0.15, 0.2) is 11.9 Å². The molecule has 510 valence electrons. The van der Waals surface area contributed by atoms with E-state index in [-0.39, 0.29) is 199 Å². The van der Waals surface area contributed by atoms with Crippen molar-refractivity contribution in [3.63, 3.8) is 0 Å². The van der Waals surface area contributed by atoms with Crippen molar-refractivity contribution in [1.82, 2.24) is 56.4 Å². The van der Waals surface area contributed by atoms with Crippen LogP contribution >= 0.6 is 0 Å². The number of likely N-dealkylation sites (tertiary alicyclic amines) is 1. The van der Waals surface area contributed by atoms with Crippen molar-refractivity contribution >= 4 is 96.9 Å². The van der Waals surface area contributed by atoms with Crippen LogP contribution in [0.25, 0.3) is 0 Å². The van der Waals surface area contributed by atoms with Crippen LogP contribution < -0.4 is 54.8 Å². The largest absolute Gasteiger partial charge is 3.00 e. The van der Waals surface area contributed by atoms with Crippen LogP contribution in [-0.4, -0.2) is 288 Å². The molecule has 0 aliphatic carbocycles. The van der Waals surface area contributed by atoms with Gasteiger partial charge in [0.25, 0.3) is 0 Å². The number of guanidine groups is 2. The number of nitrogens with zero attached hydrogens (tertiary/aromatic N) is 7. The third kappa shape index (κ3) is 32.0. The number of carboxylic acids is 4. The maximum Gasteiger partial charge on any atom is 3.00 e. The fourth-order valence-electron chi connectivity index (χ4n) is 10.5. The number of carbonyl (C=O) groups excluding carboxylic acids is 7. The zero-order chi connectivity index (χ0) is 67.7. The van der Waals surface area contributed by atoms with Gasteiger partial charge in [0.05, 0.1) is 32.6 Å². The molecular weight excluding hydrogens is 1260 g/mol. The molecule has 0 spiro atoms. The Labute approximate surface area is 549 Å². The molecule has 0 aromatic heterocycles. The van der Waals surface area contributed by atoms with Gasteiger partial charge in [-0.1, -0.05) is 46.2 Å². The van der Waals surface area contributed by atoms with Crippen molar-refractivity contribution < 1.29 is 78.3 Å². The quantitative estimate of drug-likeness (QED) is 0.0129. The SMILES string of the molecule is CC[C@H](C)[C@H](NC(=O)[C@H](Cc1ccc(O)cc1)NC(=O)[C@@H]1CCCN1C(=O)[C@H](CCCN=C(N)N)NC(=O)[C@H](CCCN=C(N)N)NC(=O)CCNC(=O)CN1CCN(CC(=O)O)CCN(CC(=O)O)CCN(CC(=O)O)CC1)C(=O)N[C@H](CC(=O)O)CC(C)C.[68Ga+3]. The molecule has 33 nitrogen and oxygen atoms in total. The number of carbonyl (C=O) groups is 11. The molecule has 92 heavy (non-hydrogen) atoms. The smallest absolute Gasteiger partial charge is 0.508 e. The second kappa shape index (κ2) is 42.4. The van der Waals surface area contributed by atoms with Gasteiger partial charge < -0.3 is 85.3 Å². The number of nitrogens with two attached hydrogens (primary N) is 4. The molecule has 2 heterocycles. The Kier molecular flexibility index (Phi) is 37.0. The van der Waals surface area contributed by atoms with Crippen LogP contribution in [0, 0.1) is 11.8 Å². The van der Waals surface area contributed by atoms with E-state index in [0.29, 0.717) is 24.8 Å². The van der Waals surface area contributed by atoms with E-state index in [2.05, 4.69) is 41.9 Å². The molecule has 3 rings (SSSR count). The fourth-order valence-corrected chi connectivity index (χ4v) is 10.5. The van der Waals surface area contributed by atoms with Gasteiger partial charge in [0, 0.05) is 97.4 Å². The minimum Gasteiger partial charge on any atom is -0.508 e. The van der Waals surface area contributed by atoms with E-state index < -0.39 is 107 Å². The van der Waals surface area contributed by atoms with Crippen LogP contribution in [0.1, 0.15) is 97.5 Å². The van der Waals surface area contributed by atoms with E-state index in [1.54, 1.807) is 38.7 Å². The molecule has 0 unspecified atom stereocenters. The fraction of sp³-hybridized carbons (Fsp3) is 0.672. The second-order valence-corrected chi connectivity index (χ2v) is 23.4. The summed E-state index contributed by atoms with van der Waals surface area (Å²) in [7, 11) is 0. The molecule has 2 fully saturated rings. The van der Waals surface area contributed by atoms with E-state index in [1.165, 1.54) is 17.0 Å². The molecule has 0 bridgehead atoms. The van der Waals surface area contributed by atoms with Gasteiger partial charge in [-0.15, -0.1) is 0 Å². The molecule has 2 aliphatic rings. The topological polar surface area (TPSA) is 506 Å². The number of amides is 7. The molecule has 1 aromatic rings. The molecule has 0 saturated carbocycles. The van der Waals surface area contributed by atoms with E-state index in [1.807, 2.05) is 20.8 Å². The van der Waals surface area contributed by atoms with Gasteiger partial charge in [-0.05, 0) is 74.5 Å². The van der Waals surface area contributed by atoms with Crippen LogP contribution in [0.2, 0.25) is 0 Å². The summed E-state index contributed by atoms with van der Waals surface area (Å²) in [4.78, 5) is 162. The van der Waals surface area contributed by atoms with Crippen molar-refractivity contribution in [3.8, 4) is 5.75 Å². The number of rotatable bonds is 37. The Balaban J connectivity index is 0.0000288. The zero-order valence-corrected chi connectivity index (χ0v) is 55.7. The Bertz CT molecular complexity index is 2620. The Morgan fingerprint density at radius 1 is 0.587 bits per heavy atom.